The smallest absolute Gasteiger partial charge is 0.317 e. The van der Waals surface area contributed by atoms with E-state index in [1.54, 1.807) is 19.1 Å². The van der Waals surface area contributed by atoms with Crippen molar-refractivity contribution in [3.05, 3.63) is 54.1 Å². The van der Waals surface area contributed by atoms with E-state index in [-0.39, 0.29) is 11.9 Å². The van der Waals surface area contributed by atoms with Crippen molar-refractivity contribution >= 4 is 11.9 Å². The highest BCUT2D eigenvalue weighted by molar-refractivity contribution is 5.78. The number of hydrogen-bond acceptors (Lipinski definition) is 5. The van der Waals surface area contributed by atoms with E-state index in [4.69, 9.17) is 14.2 Å². The average molecular weight is 456 g/mol. The van der Waals surface area contributed by atoms with Crippen LogP contribution in [0.3, 0.4) is 0 Å². The molecule has 2 aromatic carbocycles. The number of rotatable bonds is 10. The number of piperazine rings is 1. The lowest BCUT2D eigenvalue weighted by Crippen LogP contribution is -2.53. The van der Waals surface area contributed by atoms with Gasteiger partial charge >= 0.3 is 6.03 Å². The fourth-order valence-corrected chi connectivity index (χ4v) is 3.60. The van der Waals surface area contributed by atoms with Crippen LogP contribution in [0.5, 0.6) is 17.2 Å². The minimum atomic E-state index is -0.0928. The standard InChI is InChI=1S/C25H33N3O5/c1-31-21-7-4-20(5-8-21)6-13-24(29)27-15-17-28(18-16-27)25(30)26-14-3-19-33-23-11-9-22(32-2)10-12-23/h4-5,7-12H,3,6,13-19H2,1-2H3,(H,26,30). The zero-order valence-corrected chi connectivity index (χ0v) is 19.4. The second-order valence-corrected chi connectivity index (χ2v) is 7.83. The van der Waals surface area contributed by atoms with Gasteiger partial charge in [0.1, 0.15) is 17.2 Å². The highest BCUT2D eigenvalue weighted by atomic mass is 16.5. The first-order chi connectivity index (χ1) is 16.1. The van der Waals surface area contributed by atoms with Crippen LogP contribution >= 0.6 is 0 Å². The van der Waals surface area contributed by atoms with Gasteiger partial charge in [-0.25, -0.2) is 4.79 Å². The van der Waals surface area contributed by atoms with Crippen LogP contribution in [0.4, 0.5) is 4.79 Å². The molecule has 0 radical (unpaired) electrons. The minimum Gasteiger partial charge on any atom is -0.497 e. The topological polar surface area (TPSA) is 80.3 Å². The molecule has 0 aromatic heterocycles. The van der Waals surface area contributed by atoms with Crippen LogP contribution in [0.1, 0.15) is 18.4 Å². The highest BCUT2D eigenvalue weighted by Crippen LogP contribution is 2.17. The lowest BCUT2D eigenvalue weighted by atomic mass is 10.1. The molecule has 0 unspecified atom stereocenters. The molecule has 1 saturated heterocycles. The van der Waals surface area contributed by atoms with E-state index in [2.05, 4.69) is 5.32 Å². The van der Waals surface area contributed by atoms with Crippen LogP contribution in [0.25, 0.3) is 0 Å². The van der Waals surface area contributed by atoms with Crippen LogP contribution in [-0.2, 0) is 11.2 Å². The molecule has 0 saturated carbocycles. The molecule has 2 aromatic rings. The first-order valence-electron chi connectivity index (χ1n) is 11.3. The van der Waals surface area contributed by atoms with Gasteiger partial charge < -0.3 is 29.3 Å². The number of methoxy groups -OCH3 is 2. The largest absolute Gasteiger partial charge is 0.497 e. The summed E-state index contributed by atoms with van der Waals surface area (Å²) >= 11 is 0. The Bertz CT molecular complexity index is 878. The summed E-state index contributed by atoms with van der Waals surface area (Å²) in [6.07, 6.45) is 1.87. The molecule has 33 heavy (non-hydrogen) atoms. The van der Waals surface area contributed by atoms with E-state index >= 15 is 0 Å². The summed E-state index contributed by atoms with van der Waals surface area (Å²) in [5.74, 6) is 2.49. The molecule has 0 spiro atoms. The number of urea groups is 1. The number of benzene rings is 2. The molecular formula is C25H33N3O5. The highest BCUT2D eigenvalue weighted by Gasteiger charge is 2.23. The van der Waals surface area contributed by atoms with Gasteiger partial charge in [-0.1, -0.05) is 12.1 Å². The van der Waals surface area contributed by atoms with E-state index in [1.165, 1.54) is 0 Å². The molecule has 3 rings (SSSR count). The number of nitrogens with zero attached hydrogens (tertiary/aromatic N) is 2. The number of carbonyl (C=O) groups is 2. The number of nitrogens with one attached hydrogen (secondary N) is 1. The van der Waals surface area contributed by atoms with E-state index in [0.29, 0.717) is 58.6 Å². The minimum absolute atomic E-state index is 0.0928. The monoisotopic (exact) mass is 455 g/mol. The van der Waals surface area contributed by atoms with E-state index in [1.807, 2.05) is 53.4 Å². The van der Waals surface area contributed by atoms with Crippen LogP contribution in [0.15, 0.2) is 48.5 Å². The summed E-state index contributed by atoms with van der Waals surface area (Å²) in [7, 11) is 3.26. The second-order valence-electron chi connectivity index (χ2n) is 7.83. The van der Waals surface area contributed by atoms with Crippen LogP contribution in [-0.4, -0.2) is 75.3 Å². The Morgan fingerprint density at radius 2 is 1.36 bits per heavy atom. The fourth-order valence-electron chi connectivity index (χ4n) is 3.60. The van der Waals surface area contributed by atoms with E-state index < -0.39 is 0 Å². The molecule has 8 nitrogen and oxygen atoms in total. The third-order valence-corrected chi connectivity index (χ3v) is 5.63. The van der Waals surface area contributed by atoms with Crippen molar-refractivity contribution in [2.24, 2.45) is 0 Å². The molecular weight excluding hydrogens is 422 g/mol. The van der Waals surface area contributed by atoms with Crippen molar-refractivity contribution in [2.45, 2.75) is 19.3 Å². The lowest BCUT2D eigenvalue weighted by molar-refractivity contribution is -0.132. The van der Waals surface area contributed by atoms with Gasteiger partial charge in [0.2, 0.25) is 5.91 Å². The maximum Gasteiger partial charge on any atom is 0.317 e. The van der Waals surface area contributed by atoms with Gasteiger partial charge in [-0.05, 0) is 54.8 Å². The van der Waals surface area contributed by atoms with Crippen LogP contribution < -0.4 is 19.5 Å². The van der Waals surface area contributed by atoms with Crippen molar-refractivity contribution in [3.8, 4) is 17.2 Å². The van der Waals surface area contributed by atoms with Gasteiger partial charge in [0.15, 0.2) is 0 Å². The number of aryl methyl sites for hydroxylation is 1. The Balaban J connectivity index is 1.28. The molecule has 0 bridgehead atoms. The number of amides is 3. The molecule has 1 aliphatic heterocycles. The molecule has 0 aliphatic carbocycles. The van der Waals surface area contributed by atoms with Gasteiger partial charge in [0, 0.05) is 39.1 Å². The Morgan fingerprint density at radius 1 is 0.818 bits per heavy atom. The normalized spacial score (nSPS) is 13.4. The van der Waals surface area contributed by atoms with Crippen molar-refractivity contribution < 1.29 is 23.8 Å². The van der Waals surface area contributed by atoms with Gasteiger partial charge in [0.05, 0.1) is 20.8 Å². The molecule has 178 valence electrons. The number of hydrogen-bond donors (Lipinski definition) is 1. The number of ether oxygens (including phenoxy) is 3. The zero-order chi connectivity index (χ0) is 23.5. The van der Waals surface area contributed by atoms with Crippen molar-refractivity contribution in [1.29, 1.82) is 0 Å². The van der Waals surface area contributed by atoms with Crippen LogP contribution in [0.2, 0.25) is 0 Å². The molecule has 1 fully saturated rings. The second kappa shape index (κ2) is 12.6. The quantitative estimate of drug-likeness (QED) is 0.557. The van der Waals surface area contributed by atoms with E-state index in [0.717, 1.165) is 22.8 Å². The summed E-state index contributed by atoms with van der Waals surface area (Å²) in [6, 6.07) is 15.1. The maximum absolute atomic E-state index is 12.5. The average Bonchev–Trinajstić information content (AvgIpc) is 2.87. The Morgan fingerprint density at radius 3 is 1.97 bits per heavy atom. The van der Waals surface area contributed by atoms with Crippen LogP contribution in [0, 0.1) is 0 Å². The Hall–Kier alpha value is -3.42. The van der Waals surface area contributed by atoms with Gasteiger partial charge in [0.25, 0.3) is 0 Å². The summed E-state index contributed by atoms with van der Waals surface area (Å²) < 4.78 is 15.9. The molecule has 1 aliphatic rings. The molecule has 0 atom stereocenters. The first kappa shape index (κ1) is 24.2. The van der Waals surface area contributed by atoms with Crippen molar-refractivity contribution in [3.63, 3.8) is 0 Å². The first-order valence-corrected chi connectivity index (χ1v) is 11.3. The summed E-state index contributed by atoms with van der Waals surface area (Å²) in [5.41, 5.74) is 1.11. The zero-order valence-electron chi connectivity index (χ0n) is 19.4. The lowest BCUT2D eigenvalue weighted by Gasteiger charge is -2.34. The Kier molecular flexibility index (Phi) is 9.23. The van der Waals surface area contributed by atoms with E-state index in [9.17, 15) is 9.59 Å². The summed E-state index contributed by atoms with van der Waals surface area (Å²) in [6.45, 7) is 3.27. The molecule has 3 amide bonds. The molecule has 8 heteroatoms. The third-order valence-electron chi connectivity index (χ3n) is 5.63. The van der Waals surface area contributed by atoms with Crippen molar-refractivity contribution in [2.75, 3.05) is 53.6 Å². The fraction of sp³-hybridized carbons (Fsp3) is 0.440. The maximum atomic E-state index is 12.5. The summed E-state index contributed by atoms with van der Waals surface area (Å²) in [4.78, 5) is 28.5. The number of carbonyl (C=O) groups excluding carboxylic acids is 2. The Labute approximate surface area is 195 Å². The van der Waals surface area contributed by atoms with Gasteiger partial charge in [-0.15, -0.1) is 0 Å². The van der Waals surface area contributed by atoms with Gasteiger partial charge in [-0.3, -0.25) is 4.79 Å². The summed E-state index contributed by atoms with van der Waals surface area (Å²) in [5, 5.41) is 2.93. The van der Waals surface area contributed by atoms with Crippen molar-refractivity contribution in [1.82, 2.24) is 15.1 Å². The SMILES string of the molecule is COc1ccc(CCC(=O)N2CCN(C(=O)NCCCOc3ccc(OC)cc3)CC2)cc1. The third kappa shape index (κ3) is 7.59. The molecule has 1 N–H and O–H groups in total. The predicted molar refractivity (Wildman–Crippen MR) is 126 cm³/mol. The predicted octanol–water partition coefficient (Wildman–Crippen LogP) is 2.96. The molecule has 1 heterocycles. The van der Waals surface area contributed by atoms with Gasteiger partial charge in [-0.2, -0.15) is 0 Å².